The van der Waals surface area contributed by atoms with Crippen LogP contribution in [0.4, 0.5) is 10.2 Å². The molecule has 0 spiro atoms. The number of H-pyrrole nitrogens is 1. The van der Waals surface area contributed by atoms with Gasteiger partial charge in [0.2, 0.25) is 0 Å². The molecular formula is C15H16FN3OS. The zero-order valence-electron chi connectivity index (χ0n) is 12.1. The van der Waals surface area contributed by atoms with Crippen molar-refractivity contribution in [2.75, 3.05) is 0 Å². The van der Waals surface area contributed by atoms with Crippen molar-refractivity contribution in [3.8, 4) is 0 Å². The minimum Gasteiger partial charge on any atom is -0.268 e. The molecule has 1 aromatic heterocycles. The van der Waals surface area contributed by atoms with Gasteiger partial charge < -0.3 is 0 Å². The van der Waals surface area contributed by atoms with Crippen LogP contribution in [0.1, 0.15) is 43.2 Å². The van der Waals surface area contributed by atoms with E-state index in [1.165, 1.54) is 23.9 Å². The third kappa shape index (κ3) is 2.44. The number of rotatable bonds is 2. The fourth-order valence-electron chi connectivity index (χ4n) is 2.46. The summed E-state index contributed by atoms with van der Waals surface area (Å²) in [5, 5.41) is 3.60. The number of thioether (sulfide) groups is 1. The van der Waals surface area contributed by atoms with Crippen molar-refractivity contribution in [2.45, 2.75) is 32.1 Å². The third-order valence-corrected chi connectivity index (χ3v) is 4.61. The van der Waals surface area contributed by atoms with Crippen molar-refractivity contribution >= 4 is 22.6 Å². The molecule has 1 aliphatic rings. The summed E-state index contributed by atoms with van der Waals surface area (Å²) >= 11 is 1.52. The molecule has 0 aliphatic carbocycles. The normalized spacial score (nSPS) is 17.8. The Hall–Kier alpha value is -1.82. The fraction of sp³-hybridized carbons (Fsp3) is 0.333. The van der Waals surface area contributed by atoms with Gasteiger partial charge in [-0.15, -0.1) is 0 Å². The summed E-state index contributed by atoms with van der Waals surface area (Å²) in [6.07, 6.45) is 0. The Kier molecular flexibility index (Phi) is 3.49. The molecule has 6 heteroatoms. The van der Waals surface area contributed by atoms with Crippen LogP contribution in [0.3, 0.4) is 0 Å². The molecule has 21 heavy (non-hydrogen) atoms. The predicted octanol–water partition coefficient (Wildman–Crippen LogP) is 3.78. The first-order valence-corrected chi connectivity index (χ1v) is 7.67. The number of nitrogens with one attached hydrogen (secondary N) is 1. The third-order valence-electron chi connectivity index (χ3n) is 3.44. The Morgan fingerprint density at radius 1 is 1.33 bits per heavy atom. The van der Waals surface area contributed by atoms with Gasteiger partial charge in [0.05, 0.1) is 15.9 Å². The van der Waals surface area contributed by atoms with Crippen LogP contribution in [0.2, 0.25) is 0 Å². The van der Waals surface area contributed by atoms with Crippen LogP contribution in [-0.2, 0) is 0 Å². The van der Waals surface area contributed by atoms with E-state index in [0.29, 0.717) is 11.4 Å². The maximum atomic E-state index is 13.1. The summed E-state index contributed by atoms with van der Waals surface area (Å²) in [6, 6.07) is 6.41. The zero-order chi connectivity index (χ0) is 15.1. The second-order valence-corrected chi connectivity index (χ2v) is 6.62. The molecule has 1 N–H and O–H groups in total. The fourth-order valence-corrected chi connectivity index (χ4v) is 3.56. The summed E-state index contributed by atoms with van der Waals surface area (Å²) in [5.74, 6) is 0.402. The van der Waals surface area contributed by atoms with Crippen LogP contribution in [0, 0.1) is 5.82 Å². The van der Waals surface area contributed by atoms with Gasteiger partial charge in [-0.3, -0.25) is 14.6 Å². The number of aromatic nitrogens is 2. The van der Waals surface area contributed by atoms with Crippen molar-refractivity contribution in [3.63, 3.8) is 0 Å². The van der Waals surface area contributed by atoms with Crippen molar-refractivity contribution in [1.29, 1.82) is 0 Å². The van der Waals surface area contributed by atoms with E-state index < -0.39 is 0 Å². The lowest BCUT2D eigenvalue weighted by Gasteiger charge is -2.21. The van der Waals surface area contributed by atoms with Gasteiger partial charge in [-0.2, -0.15) is 0 Å². The van der Waals surface area contributed by atoms with E-state index in [0.717, 1.165) is 10.6 Å². The topological polar surface area (TPSA) is 50.1 Å². The Morgan fingerprint density at radius 2 is 2.00 bits per heavy atom. The summed E-state index contributed by atoms with van der Waals surface area (Å²) in [7, 11) is 0. The maximum absolute atomic E-state index is 13.1. The average Bonchev–Trinajstić information content (AvgIpc) is 2.76. The van der Waals surface area contributed by atoms with E-state index in [-0.39, 0.29) is 22.7 Å². The minimum atomic E-state index is -0.279. The number of hydrogen-bond acceptors (Lipinski definition) is 3. The summed E-state index contributed by atoms with van der Waals surface area (Å²) in [5.41, 5.74) is 1.42. The molecule has 2 aromatic rings. The molecule has 0 radical (unpaired) electrons. The van der Waals surface area contributed by atoms with Crippen LogP contribution in [0.5, 0.6) is 0 Å². The monoisotopic (exact) mass is 305 g/mol. The van der Waals surface area contributed by atoms with Gasteiger partial charge in [0.1, 0.15) is 5.82 Å². The van der Waals surface area contributed by atoms with Crippen molar-refractivity contribution in [1.82, 2.24) is 9.78 Å². The zero-order valence-corrected chi connectivity index (χ0v) is 12.9. The lowest BCUT2D eigenvalue weighted by molar-refractivity contribution is 0.533. The summed E-state index contributed by atoms with van der Waals surface area (Å²) in [6.45, 7) is 5.91. The largest absolute Gasteiger partial charge is 0.271 e. The smallest absolute Gasteiger partial charge is 0.268 e. The van der Waals surface area contributed by atoms with Crippen LogP contribution in [0.25, 0.3) is 0 Å². The van der Waals surface area contributed by atoms with Crippen LogP contribution in [-0.4, -0.2) is 14.8 Å². The van der Waals surface area contributed by atoms with Crippen LogP contribution < -0.4 is 5.56 Å². The Bertz CT molecular complexity index is 758. The van der Waals surface area contributed by atoms with Gasteiger partial charge in [0.15, 0.2) is 5.82 Å². The first kappa shape index (κ1) is 14.1. The highest BCUT2D eigenvalue weighted by Crippen LogP contribution is 2.43. The van der Waals surface area contributed by atoms with Crippen molar-refractivity contribution in [2.24, 2.45) is 4.99 Å². The van der Waals surface area contributed by atoms with Gasteiger partial charge in [0.25, 0.3) is 5.56 Å². The summed E-state index contributed by atoms with van der Waals surface area (Å²) in [4.78, 5) is 16.8. The Morgan fingerprint density at radius 3 is 2.62 bits per heavy atom. The average molecular weight is 305 g/mol. The number of aromatic amines is 1. The molecule has 1 aromatic carbocycles. The second kappa shape index (κ2) is 5.18. The highest BCUT2D eigenvalue weighted by atomic mass is 32.2. The van der Waals surface area contributed by atoms with Gasteiger partial charge in [-0.1, -0.05) is 23.9 Å². The number of fused-ring (bicyclic) bond motifs is 1. The maximum Gasteiger partial charge on any atom is 0.271 e. The SMILES string of the molecule is CC1=Nc2c(c(=O)[nH]n2C(C)C)C(c2ccc(F)cc2)S1. The minimum absolute atomic E-state index is 0.120. The molecule has 0 fully saturated rings. The predicted molar refractivity (Wildman–Crippen MR) is 84.0 cm³/mol. The van der Waals surface area contributed by atoms with Gasteiger partial charge in [-0.05, 0) is 38.5 Å². The van der Waals surface area contributed by atoms with Crippen LogP contribution in [0.15, 0.2) is 34.1 Å². The lowest BCUT2D eigenvalue weighted by Crippen LogP contribution is -2.13. The molecule has 0 saturated heterocycles. The molecule has 110 valence electrons. The second-order valence-electron chi connectivity index (χ2n) is 5.32. The standard InChI is InChI=1S/C15H16FN3OS/c1-8(2)19-14-12(15(20)18-19)13(21-9(3)17-14)10-4-6-11(16)7-5-10/h4-8,13H,1-3H3,(H,18,20). The Balaban J connectivity index is 2.18. The van der Waals surface area contributed by atoms with Gasteiger partial charge in [0, 0.05) is 6.04 Å². The quantitative estimate of drug-likeness (QED) is 0.918. The molecule has 3 rings (SSSR count). The van der Waals surface area contributed by atoms with Gasteiger partial charge in [-0.25, -0.2) is 9.38 Å². The van der Waals surface area contributed by atoms with E-state index in [9.17, 15) is 9.18 Å². The molecule has 4 nitrogen and oxygen atoms in total. The molecule has 0 saturated carbocycles. The highest BCUT2D eigenvalue weighted by molar-refractivity contribution is 8.14. The van der Waals surface area contributed by atoms with E-state index in [4.69, 9.17) is 0 Å². The lowest BCUT2D eigenvalue weighted by atomic mass is 10.1. The van der Waals surface area contributed by atoms with E-state index in [1.807, 2.05) is 20.8 Å². The molecule has 1 unspecified atom stereocenters. The molecule has 0 bridgehead atoms. The van der Waals surface area contributed by atoms with E-state index >= 15 is 0 Å². The molecular weight excluding hydrogens is 289 g/mol. The highest BCUT2D eigenvalue weighted by Gasteiger charge is 2.30. The van der Waals surface area contributed by atoms with Crippen molar-refractivity contribution < 1.29 is 4.39 Å². The first-order valence-electron chi connectivity index (χ1n) is 6.79. The van der Waals surface area contributed by atoms with Crippen molar-refractivity contribution in [3.05, 3.63) is 51.6 Å². The molecule has 1 aliphatic heterocycles. The number of aliphatic imine (C=N–C) groups is 1. The van der Waals surface area contributed by atoms with Crippen LogP contribution >= 0.6 is 11.8 Å². The Labute approximate surface area is 126 Å². The summed E-state index contributed by atoms with van der Waals surface area (Å²) < 4.78 is 14.9. The first-order chi connectivity index (χ1) is 9.97. The number of benzene rings is 1. The number of hydrogen-bond donors (Lipinski definition) is 1. The van der Waals surface area contributed by atoms with E-state index in [1.54, 1.807) is 16.8 Å². The van der Waals surface area contributed by atoms with E-state index in [2.05, 4.69) is 10.1 Å². The number of halogens is 1. The van der Waals surface area contributed by atoms with Gasteiger partial charge >= 0.3 is 0 Å². The molecule has 1 atom stereocenters. The molecule has 0 amide bonds. The molecule has 2 heterocycles. The number of nitrogens with zero attached hydrogens (tertiary/aromatic N) is 2.